The Hall–Kier alpha value is -1.09. The molecule has 2 saturated carbocycles. The third-order valence-corrected chi connectivity index (χ3v) is 7.19. The van der Waals surface area contributed by atoms with Crippen LogP contribution in [0.15, 0.2) is 23.8 Å². The highest BCUT2D eigenvalue weighted by atomic mass is 16.7. The van der Waals surface area contributed by atoms with E-state index in [0.717, 1.165) is 24.8 Å². The summed E-state index contributed by atoms with van der Waals surface area (Å²) in [4.78, 5) is 11.7. The van der Waals surface area contributed by atoms with Gasteiger partial charge in [0, 0.05) is 18.1 Å². The van der Waals surface area contributed by atoms with Crippen molar-refractivity contribution in [2.45, 2.75) is 66.1 Å². The Balaban J connectivity index is 1.80. The van der Waals surface area contributed by atoms with Gasteiger partial charge in [-0.3, -0.25) is 0 Å². The summed E-state index contributed by atoms with van der Waals surface area (Å²) < 4.78 is 5.22. The first-order valence-electron chi connectivity index (χ1n) is 9.53. The minimum atomic E-state index is -1.32. The monoisotopic (exact) mass is 332 g/mol. The quantitative estimate of drug-likeness (QED) is 0.610. The van der Waals surface area contributed by atoms with Crippen molar-refractivity contribution in [3.8, 4) is 0 Å². The minimum absolute atomic E-state index is 0.150. The van der Waals surface area contributed by atoms with Gasteiger partial charge in [-0.25, -0.2) is 4.79 Å². The highest BCUT2D eigenvalue weighted by Gasteiger charge is 2.59. The Morgan fingerprint density at radius 3 is 2.58 bits per heavy atom. The summed E-state index contributed by atoms with van der Waals surface area (Å²) >= 11 is 0. The van der Waals surface area contributed by atoms with Gasteiger partial charge in [-0.05, 0) is 54.3 Å². The maximum Gasteiger partial charge on any atom is 0.333 e. The molecule has 0 unspecified atom stereocenters. The zero-order valence-electron chi connectivity index (χ0n) is 15.7. The van der Waals surface area contributed by atoms with E-state index in [-0.39, 0.29) is 17.3 Å². The summed E-state index contributed by atoms with van der Waals surface area (Å²) in [6.45, 7) is 11.5. The van der Waals surface area contributed by atoms with E-state index < -0.39 is 5.79 Å². The first-order valence-corrected chi connectivity index (χ1v) is 9.53. The fourth-order valence-electron chi connectivity index (χ4n) is 5.21. The Morgan fingerprint density at radius 2 is 1.92 bits per heavy atom. The zero-order valence-corrected chi connectivity index (χ0v) is 15.7. The first-order chi connectivity index (χ1) is 11.2. The van der Waals surface area contributed by atoms with Crippen molar-refractivity contribution in [2.75, 3.05) is 0 Å². The van der Waals surface area contributed by atoms with E-state index in [1.165, 1.54) is 0 Å². The van der Waals surface area contributed by atoms with Crippen LogP contribution in [0.2, 0.25) is 0 Å². The molecule has 0 aromatic carbocycles. The minimum Gasteiger partial charge on any atom is -0.426 e. The van der Waals surface area contributed by atoms with Crippen LogP contribution in [0.5, 0.6) is 0 Å². The Morgan fingerprint density at radius 1 is 1.21 bits per heavy atom. The lowest BCUT2D eigenvalue weighted by atomic mass is 9.60. The highest BCUT2D eigenvalue weighted by molar-refractivity contribution is 5.86. The molecule has 3 aliphatic rings. The van der Waals surface area contributed by atoms with Crippen LogP contribution in [0.3, 0.4) is 0 Å². The van der Waals surface area contributed by atoms with E-state index in [4.69, 9.17) is 4.74 Å². The van der Waals surface area contributed by atoms with Crippen LogP contribution < -0.4 is 0 Å². The van der Waals surface area contributed by atoms with Crippen LogP contribution in [-0.2, 0) is 9.53 Å². The lowest BCUT2D eigenvalue weighted by molar-refractivity contribution is -0.196. The van der Waals surface area contributed by atoms with Crippen LogP contribution >= 0.6 is 0 Å². The zero-order chi connectivity index (χ0) is 17.7. The molecule has 2 fully saturated rings. The third-order valence-electron chi connectivity index (χ3n) is 7.19. The molecule has 0 bridgehead atoms. The number of fused-ring (bicyclic) bond motifs is 3. The Labute approximate surface area is 146 Å². The topological polar surface area (TPSA) is 46.5 Å². The molecule has 1 N–H and O–H groups in total. The van der Waals surface area contributed by atoms with E-state index >= 15 is 0 Å². The molecule has 3 nitrogen and oxygen atoms in total. The molecule has 3 rings (SSSR count). The summed E-state index contributed by atoms with van der Waals surface area (Å²) in [6, 6.07) is 0. The van der Waals surface area contributed by atoms with E-state index in [0.29, 0.717) is 30.1 Å². The SMILES string of the molecule is CC(C)[C@@H](C)C=C[C@@H](C)[C@H]1CC[C@H]2C3=CC(=O)O[C@@]3(O)CC[C@]12C. The van der Waals surface area contributed by atoms with Gasteiger partial charge in [0.15, 0.2) is 0 Å². The smallest absolute Gasteiger partial charge is 0.333 e. The van der Waals surface area contributed by atoms with Crippen LogP contribution in [0, 0.1) is 35.0 Å². The number of carbonyl (C=O) groups excluding carboxylic acids is 1. The number of hydrogen-bond donors (Lipinski definition) is 1. The Bertz CT molecular complexity index is 576. The molecule has 134 valence electrons. The number of hydrogen-bond acceptors (Lipinski definition) is 3. The molecule has 0 radical (unpaired) electrons. The van der Waals surface area contributed by atoms with Crippen molar-refractivity contribution >= 4 is 5.97 Å². The average molecular weight is 332 g/mol. The van der Waals surface area contributed by atoms with E-state index in [2.05, 4.69) is 46.8 Å². The number of rotatable bonds is 4. The summed E-state index contributed by atoms with van der Waals surface area (Å²) in [5, 5.41) is 10.7. The van der Waals surface area contributed by atoms with Crippen molar-refractivity contribution in [1.29, 1.82) is 0 Å². The van der Waals surface area contributed by atoms with E-state index in [1.54, 1.807) is 6.08 Å². The first kappa shape index (κ1) is 17.7. The fraction of sp³-hybridized carbons (Fsp3) is 0.762. The van der Waals surface area contributed by atoms with Gasteiger partial charge >= 0.3 is 5.97 Å². The second kappa shape index (κ2) is 6.01. The van der Waals surface area contributed by atoms with Crippen molar-refractivity contribution in [2.24, 2.45) is 35.0 Å². The Kier molecular flexibility index (Phi) is 4.44. The lowest BCUT2D eigenvalue weighted by Crippen LogP contribution is -2.46. The van der Waals surface area contributed by atoms with E-state index in [1.807, 2.05) is 0 Å². The molecule has 1 aliphatic heterocycles. The molecule has 1 heterocycles. The predicted molar refractivity (Wildman–Crippen MR) is 95.0 cm³/mol. The molecule has 6 atom stereocenters. The third kappa shape index (κ3) is 2.75. The second-order valence-electron chi connectivity index (χ2n) is 8.89. The molecule has 0 saturated heterocycles. The standard InChI is InChI=1S/C21H32O3/c1-13(2)14(3)6-7-15(4)16-8-9-17-18-12-19(22)24-21(18,23)11-10-20(16,17)5/h6-7,12-17,23H,8-11H2,1-5H3/t14-,15+,16+,17-,20+,21-/m0/s1. The molecule has 2 aliphatic carbocycles. The van der Waals surface area contributed by atoms with E-state index in [9.17, 15) is 9.90 Å². The predicted octanol–water partition coefficient (Wildman–Crippen LogP) is 4.47. The lowest BCUT2D eigenvalue weighted by Gasteiger charge is -2.47. The van der Waals surface area contributed by atoms with Crippen molar-refractivity contribution in [3.63, 3.8) is 0 Å². The summed E-state index contributed by atoms with van der Waals surface area (Å²) in [6.07, 6.45) is 9.98. The highest BCUT2D eigenvalue weighted by Crippen LogP contribution is 2.62. The number of ether oxygens (including phenoxy) is 1. The normalized spacial score (nSPS) is 41.1. The summed E-state index contributed by atoms with van der Waals surface area (Å²) in [7, 11) is 0. The van der Waals surface area contributed by atoms with Gasteiger partial charge in [-0.1, -0.05) is 46.8 Å². The largest absolute Gasteiger partial charge is 0.426 e. The number of carbonyl (C=O) groups is 1. The number of esters is 1. The second-order valence-corrected chi connectivity index (χ2v) is 8.89. The van der Waals surface area contributed by atoms with Gasteiger partial charge in [-0.2, -0.15) is 0 Å². The van der Waals surface area contributed by atoms with Gasteiger partial charge in [0.25, 0.3) is 0 Å². The summed E-state index contributed by atoms with van der Waals surface area (Å²) in [5.74, 6) is 0.950. The number of allylic oxidation sites excluding steroid dienone is 2. The molecular weight excluding hydrogens is 300 g/mol. The number of aliphatic hydroxyl groups is 1. The maximum atomic E-state index is 11.7. The van der Waals surface area contributed by atoms with Crippen LogP contribution in [0.25, 0.3) is 0 Å². The van der Waals surface area contributed by atoms with Crippen molar-refractivity contribution in [1.82, 2.24) is 0 Å². The van der Waals surface area contributed by atoms with Gasteiger partial charge < -0.3 is 9.84 Å². The van der Waals surface area contributed by atoms with Crippen LogP contribution in [0.1, 0.15) is 60.3 Å². The molecule has 24 heavy (non-hydrogen) atoms. The molecule has 3 heteroatoms. The van der Waals surface area contributed by atoms with Crippen molar-refractivity contribution < 1.29 is 14.6 Å². The van der Waals surface area contributed by atoms with Crippen molar-refractivity contribution in [3.05, 3.63) is 23.8 Å². The molecule has 0 spiro atoms. The van der Waals surface area contributed by atoms with Gasteiger partial charge in [0.1, 0.15) is 0 Å². The molecule has 0 amide bonds. The van der Waals surface area contributed by atoms with Gasteiger partial charge in [0.2, 0.25) is 5.79 Å². The average Bonchev–Trinajstić information content (AvgIpc) is 3.00. The fourth-order valence-corrected chi connectivity index (χ4v) is 5.21. The van der Waals surface area contributed by atoms with Gasteiger partial charge in [-0.15, -0.1) is 0 Å². The van der Waals surface area contributed by atoms with Crippen LogP contribution in [-0.4, -0.2) is 16.9 Å². The maximum absolute atomic E-state index is 11.7. The molecule has 0 aromatic rings. The summed E-state index contributed by atoms with van der Waals surface area (Å²) in [5.41, 5.74) is 0.993. The van der Waals surface area contributed by atoms with Gasteiger partial charge in [0.05, 0.1) is 0 Å². The van der Waals surface area contributed by atoms with Crippen LogP contribution in [0.4, 0.5) is 0 Å². The molecular formula is C21H32O3. The molecule has 0 aromatic heterocycles.